The van der Waals surface area contributed by atoms with E-state index < -0.39 is 12.0 Å². The molecule has 294 valence electrons. The number of rotatable bonds is 9. The van der Waals surface area contributed by atoms with Crippen molar-refractivity contribution >= 4 is 39.7 Å². The van der Waals surface area contributed by atoms with Gasteiger partial charge in [0.05, 0.1) is 18.3 Å². The van der Waals surface area contributed by atoms with E-state index in [9.17, 15) is 19.2 Å². The molecule has 15 heteroatoms. The van der Waals surface area contributed by atoms with Crippen LogP contribution in [-0.4, -0.2) is 121 Å². The minimum atomic E-state index is -0.735. The van der Waals surface area contributed by atoms with Gasteiger partial charge in [0.15, 0.2) is 0 Å². The molecule has 0 unspecified atom stereocenters. The highest BCUT2D eigenvalue weighted by Crippen LogP contribution is 2.30. The minimum absolute atomic E-state index is 0.0490. The number of urea groups is 1. The van der Waals surface area contributed by atoms with Crippen LogP contribution in [0.4, 0.5) is 4.79 Å². The van der Waals surface area contributed by atoms with E-state index >= 15 is 0 Å². The Morgan fingerprint density at radius 2 is 1.61 bits per heavy atom. The number of H-pyrrole nitrogens is 3. The molecule has 3 amide bonds. The smallest absolute Gasteiger partial charge is 0.376 e. The van der Waals surface area contributed by atoms with E-state index in [-0.39, 0.29) is 41.8 Å². The molecule has 3 aromatic heterocycles. The molecule has 0 saturated carbocycles. The van der Waals surface area contributed by atoms with E-state index in [1.807, 2.05) is 48.2 Å². The molecule has 15 nitrogen and oxygen atoms in total. The van der Waals surface area contributed by atoms with Gasteiger partial charge in [-0.3, -0.25) is 14.7 Å². The number of nitrogens with one attached hydrogen (secondary N) is 4. The highest BCUT2D eigenvalue weighted by atomic mass is 16.5. The maximum Gasteiger partial charge on any atom is 0.376 e. The molecule has 3 fully saturated rings. The average Bonchev–Trinajstić information content (AvgIpc) is 3.92. The third-order valence-electron chi connectivity index (χ3n) is 12.0. The maximum atomic E-state index is 14.3. The highest BCUT2D eigenvalue weighted by Gasteiger charge is 2.35. The topological polar surface area (TPSA) is 185 Å². The summed E-state index contributed by atoms with van der Waals surface area (Å²) in [5, 5.41) is 20.6. The number of fused-ring (bicyclic) bond motifs is 2. The van der Waals surface area contributed by atoms with Gasteiger partial charge in [-0.05, 0) is 106 Å². The lowest BCUT2D eigenvalue weighted by atomic mass is 9.89. The quantitative estimate of drug-likeness (QED) is 0.158. The van der Waals surface area contributed by atoms with Gasteiger partial charge in [-0.25, -0.2) is 9.59 Å². The van der Waals surface area contributed by atoms with Crippen LogP contribution in [-0.2, 0) is 16.0 Å². The Morgan fingerprint density at radius 3 is 2.38 bits per heavy atom. The van der Waals surface area contributed by atoms with Crippen molar-refractivity contribution in [1.82, 2.24) is 50.4 Å². The van der Waals surface area contributed by atoms with Crippen LogP contribution in [0.5, 0.6) is 0 Å². The van der Waals surface area contributed by atoms with Gasteiger partial charge in [-0.15, -0.1) is 10.2 Å². The summed E-state index contributed by atoms with van der Waals surface area (Å²) in [7, 11) is 0. The number of carbonyl (C=O) groups excluding carboxylic acids is 3. The molecule has 3 saturated heterocycles. The summed E-state index contributed by atoms with van der Waals surface area (Å²) in [4.78, 5) is 65.5. The van der Waals surface area contributed by atoms with Crippen molar-refractivity contribution in [3.8, 4) is 0 Å². The van der Waals surface area contributed by atoms with Crippen molar-refractivity contribution in [2.45, 2.75) is 82.7 Å². The number of pyridine rings is 1. The van der Waals surface area contributed by atoms with Gasteiger partial charge in [0.2, 0.25) is 11.7 Å². The molecule has 1 atom stereocenters. The lowest BCUT2D eigenvalue weighted by molar-refractivity contribution is -0.135. The van der Waals surface area contributed by atoms with Crippen LogP contribution in [0.1, 0.15) is 90.4 Å². The second kappa shape index (κ2) is 16.3. The highest BCUT2D eigenvalue weighted by molar-refractivity contribution is 5.88. The predicted molar refractivity (Wildman–Crippen MR) is 210 cm³/mol. The zero-order valence-electron chi connectivity index (χ0n) is 32.1. The van der Waals surface area contributed by atoms with Crippen molar-refractivity contribution < 1.29 is 19.1 Å². The van der Waals surface area contributed by atoms with Gasteiger partial charge in [0.1, 0.15) is 11.9 Å². The Morgan fingerprint density at radius 1 is 0.875 bits per heavy atom. The Labute approximate surface area is 324 Å². The van der Waals surface area contributed by atoms with Gasteiger partial charge in [-0.2, -0.15) is 5.10 Å². The van der Waals surface area contributed by atoms with Crippen molar-refractivity contribution in [1.29, 1.82) is 0 Å². The van der Waals surface area contributed by atoms with Crippen LogP contribution >= 0.6 is 0 Å². The standard InChI is InChI=1S/C41H50N10O5/c1-3-56-40(54)37-45-36(47-48-37)28-10-14-49(15-11-28)31-12-18-50(19-13-31)39(53)34(22-26-20-25(2)35-30(21-26)24-42-46-35)44-41(55)51-16-8-27(9-17-51)32-23-29-6-4-5-7-33(29)43-38(32)52/h4-7,20-21,23-24,27-28,31,34H,3,8-19,22H2,1-2H3,(H,42,46)(H,43,52)(H,44,55)(H,45,47,48)/t34-/m0/s1. The van der Waals surface area contributed by atoms with Gasteiger partial charge < -0.3 is 34.7 Å². The van der Waals surface area contributed by atoms with E-state index in [0.29, 0.717) is 51.5 Å². The fourth-order valence-electron chi connectivity index (χ4n) is 8.93. The molecule has 0 spiro atoms. The molecule has 6 heterocycles. The van der Waals surface area contributed by atoms with Crippen molar-refractivity contribution in [2.75, 3.05) is 45.9 Å². The number of nitrogens with zero attached hydrogens (tertiary/aromatic N) is 6. The summed E-state index contributed by atoms with van der Waals surface area (Å²) in [6.45, 7) is 8.09. The second-order valence-corrected chi connectivity index (χ2v) is 15.5. The van der Waals surface area contributed by atoms with E-state index in [4.69, 9.17) is 4.74 Å². The number of benzene rings is 2. The maximum absolute atomic E-state index is 14.3. The number of carbonyl (C=O) groups is 3. The molecule has 2 aromatic carbocycles. The van der Waals surface area contributed by atoms with Crippen LogP contribution in [0.2, 0.25) is 0 Å². The monoisotopic (exact) mass is 762 g/mol. The number of aromatic amines is 3. The van der Waals surface area contributed by atoms with Gasteiger partial charge in [0.25, 0.3) is 5.56 Å². The number of hydrogen-bond acceptors (Lipinski definition) is 9. The van der Waals surface area contributed by atoms with Crippen LogP contribution in [0.25, 0.3) is 21.8 Å². The normalized spacial score (nSPS) is 18.4. The van der Waals surface area contributed by atoms with Crippen LogP contribution in [0, 0.1) is 6.92 Å². The molecule has 3 aliphatic heterocycles. The zero-order valence-corrected chi connectivity index (χ0v) is 32.1. The summed E-state index contributed by atoms with van der Waals surface area (Å²) < 4.78 is 5.04. The van der Waals surface area contributed by atoms with Crippen LogP contribution in [0.3, 0.4) is 0 Å². The molecule has 3 aliphatic rings. The first kappa shape index (κ1) is 37.4. The molecule has 5 aromatic rings. The molecule has 0 bridgehead atoms. The number of aryl methyl sites for hydroxylation is 1. The number of esters is 1. The van der Waals surface area contributed by atoms with E-state index in [2.05, 4.69) is 46.6 Å². The Bertz CT molecular complexity index is 2260. The largest absolute Gasteiger partial charge is 0.460 e. The number of ether oxygens (including phenoxy) is 1. The molecule has 56 heavy (non-hydrogen) atoms. The zero-order chi connectivity index (χ0) is 38.8. The fraction of sp³-hybridized carbons (Fsp3) is 0.488. The average molecular weight is 763 g/mol. The number of aromatic nitrogens is 6. The SMILES string of the molecule is CCOC(=O)c1nnc(C2CCN(C3CCN(C(=O)[C@H](Cc4cc(C)c5[nH]ncc5c4)NC(=O)N4CCC(c5cc6ccccc6[nH]c5=O)CC4)CC3)CC2)[nH]1. The molecule has 8 rings (SSSR count). The van der Waals surface area contributed by atoms with Gasteiger partial charge >= 0.3 is 12.0 Å². The Hall–Kier alpha value is -5.57. The summed E-state index contributed by atoms with van der Waals surface area (Å²) >= 11 is 0. The van der Waals surface area contributed by atoms with Crippen LogP contribution < -0.4 is 10.9 Å². The van der Waals surface area contributed by atoms with E-state index in [0.717, 1.165) is 83.1 Å². The third-order valence-corrected chi connectivity index (χ3v) is 12.0. The minimum Gasteiger partial charge on any atom is -0.460 e. The number of hydrogen-bond donors (Lipinski definition) is 4. The van der Waals surface area contributed by atoms with E-state index in [1.165, 1.54) is 0 Å². The van der Waals surface area contributed by atoms with E-state index in [1.54, 1.807) is 18.0 Å². The number of para-hydroxylation sites is 1. The first-order valence-electron chi connectivity index (χ1n) is 20.0. The number of amides is 3. The first-order chi connectivity index (χ1) is 27.2. The van der Waals surface area contributed by atoms with Crippen molar-refractivity contribution in [3.05, 3.63) is 87.4 Å². The third kappa shape index (κ3) is 7.90. The Kier molecular flexibility index (Phi) is 10.9. The molecule has 0 radical (unpaired) electrons. The number of piperidine rings is 3. The molecule has 4 N–H and O–H groups in total. The summed E-state index contributed by atoms with van der Waals surface area (Å²) in [5.74, 6) is 0.566. The van der Waals surface area contributed by atoms with Crippen molar-refractivity contribution in [3.63, 3.8) is 0 Å². The van der Waals surface area contributed by atoms with Crippen molar-refractivity contribution in [2.24, 2.45) is 0 Å². The van der Waals surface area contributed by atoms with Gasteiger partial charge in [-0.1, -0.05) is 24.3 Å². The predicted octanol–water partition coefficient (Wildman–Crippen LogP) is 4.38. The summed E-state index contributed by atoms with van der Waals surface area (Å²) in [6.07, 6.45) is 7.00. The first-order valence-corrected chi connectivity index (χ1v) is 20.0. The molecular formula is C41H50N10O5. The lowest BCUT2D eigenvalue weighted by Crippen LogP contribution is -2.56. The molecule has 0 aliphatic carbocycles. The lowest BCUT2D eigenvalue weighted by Gasteiger charge is -2.42. The Balaban J connectivity index is 0.894. The number of likely N-dealkylation sites (tertiary alicyclic amines) is 3. The fourth-order valence-corrected chi connectivity index (χ4v) is 8.93. The summed E-state index contributed by atoms with van der Waals surface area (Å²) in [5.41, 5.74) is 4.45. The summed E-state index contributed by atoms with van der Waals surface area (Å²) in [6, 6.07) is 13.2. The van der Waals surface area contributed by atoms with Crippen LogP contribution in [0.15, 0.2) is 53.5 Å². The molecular weight excluding hydrogens is 713 g/mol. The second-order valence-electron chi connectivity index (χ2n) is 15.5. The van der Waals surface area contributed by atoms with Gasteiger partial charge in [0, 0.05) is 61.0 Å².